The molecule has 2 atom stereocenters. The zero-order chi connectivity index (χ0) is 32.6. The van der Waals surface area contributed by atoms with Gasteiger partial charge in [-0.15, -0.1) is 0 Å². The van der Waals surface area contributed by atoms with Crippen LogP contribution in [0.5, 0.6) is 5.75 Å². The molecular formula is C32H36N3O9P. The van der Waals surface area contributed by atoms with Crippen molar-refractivity contribution in [3.05, 3.63) is 84.1 Å². The number of fused-ring (bicyclic) bond motifs is 1. The molecule has 0 aliphatic rings. The van der Waals surface area contributed by atoms with E-state index >= 15 is 0 Å². The normalized spacial score (nSPS) is 12.7. The van der Waals surface area contributed by atoms with Gasteiger partial charge >= 0.3 is 7.60 Å². The molecule has 1 aromatic heterocycles. The van der Waals surface area contributed by atoms with E-state index in [4.69, 9.17) is 9.15 Å². The van der Waals surface area contributed by atoms with Gasteiger partial charge in [0, 0.05) is 5.56 Å². The van der Waals surface area contributed by atoms with Crippen LogP contribution < -0.4 is 20.7 Å². The van der Waals surface area contributed by atoms with Gasteiger partial charge in [-0.1, -0.05) is 49.4 Å². The van der Waals surface area contributed by atoms with E-state index in [2.05, 4.69) is 10.6 Å². The fourth-order valence-corrected chi connectivity index (χ4v) is 5.74. The summed E-state index contributed by atoms with van der Waals surface area (Å²) >= 11 is 0. The molecule has 0 fully saturated rings. The third-order valence-corrected chi connectivity index (χ3v) is 8.32. The van der Waals surface area contributed by atoms with Gasteiger partial charge in [0.2, 0.25) is 12.3 Å². The first-order valence-electron chi connectivity index (χ1n) is 14.4. The Morgan fingerprint density at radius 3 is 2.44 bits per heavy atom. The van der Waals surface area contributed by atoms with E-state index in [9.17, 15) is 33.9 Å². The highest BCUT2D eigenvalue weighted by Gasteiger charge is 2.31. The molecule has 0 bridgehead atoms. The summed E-state index contributed by atoms with van der Waals surface area (Å²) in [4.78, 5) is 56.7. The Morgan fingerprint density at radius 2 is 1.76 bits per heavy atom. The fraction of sp³-hybridized carbons (Fsp3) is 0.281. The largest absolute Gasteiger partial charge is 0.494 e. The molecule has 13 heteroatoms. The van der Waals surface area contributed by atoms with E-state index in [1.165, 1.54) is 30.3 Å². The van der Waals surface area contributed by atoms with Crippen LogP contribution in [-0.2, 0) is 20.6 Å². The van der Waals surface area contributed by atoms with Crippen LogP contribution in [0.3, 0.4) is 0 Å². The van der Waals surface area contributed by atoms with Gasteiger partial charge in [-0.05, 0) is 72.9 Å². The van der Waals surface area contributed by atoms with E-state index in [1.807, 2.05) is 42.5 Å². The number of hydrogen-bond acceptors (Lipinski definition) is 7. The van der Waals surface area contributed by atoms with Gasteiger partial charge in [-0.3, -0.25) is 24.2 Å². The number of nitrogens with zero attached hydrogens (tertiary/aromatic N) is 1. The van der Waals surface area contributed by atoms with Crippen LogP contribution in [0.25, 0.3) is 22.1 Å². The van der Waals surface area contributed by atoms with Crippen molar-refractivity contribution in [2.75, 3.05) is 13.3 Å². The second kappa shape index (κ2) is 15.0. The van der Waals surface area contributed by atoms with E-state index < -0.39 is 31.4 Å². The Kier molecular flexibility index (Phi) is 11.1. The maximum absolute atomic E-state index is 13.3. The Hall–Kier alpha value is -4.48. The van der Waals surface area contributed by atoms with Crippen molar-refractivity contribution < 1.29 is 43.1 Å². The lowest BCUT2D eigenvalue weighted by Gasteiger charge is -2.29. The van der Waals surface area contributed by atoms with Crippen molar-refractivity contribution in [1.82, 2.24) is 15.7 Å². The van der Waals surface area contributed by atoms with Gasteiger partial charge < -0.3 is 29.6 Å². The first-order chi connectivity index (χ1) is 21.5. The van der Waals surface area contributed by atoms with Gasteiger partial charge in [0.05, 0.1) is 30.5 Å². The summed E-state index contributed by atoms with van der Waals surface area (Å²) in [5, 5.41) is 17.8. The summed E-state index contributed by atoms with van der Waals surface area (Å²) in [5.41, 5.74) is 1.30. The molecule has 1 heterocycles. The highest BCUT2D eigenvalue weighted by atomic mass is 31.2. The van der Waals surface area contributed by atoms with Crippen LogP contribution in [0.1, 0.15) is 42.8 Å². The topological polar surface area (TPSA) is 179 Å². The number of hydrogen-bond donors (Lipinski definition) is 5. The first-order valence-corrected chi connectivity index (χ1v) is 16.1. The van der Waals surface area contributed by atoms with Crippen LogP contribution in [-0.4, -0.2) is 57.6 Å². The van der Waals surface area contributed by atoms with Gasteiger partial charge in [-0.2, -0.15) is 0 Å². The van der Waals surface area contributed by atoms with E-state index in [0.29, 0.717) is 29.9 Å². The van der Waals surface area contributed by atoms with Crippen molar-refractivity contribution in [2.24, 2.45) is 5.92 Å². The van der Waals surface area contributed by atoms with Gasteiger partial charge in [-0.25, -0.2) is 5.06 Å². The van der Waals surface area contributed by atoms with Crippen LogP contribution in [0.2, 0.25) is 0 Å². The standard InChI is InChI=1S/C32H36N3O9P/c1-3-28(35(39)20-36)27(12-10-21-9-11-22-7-5-6-8-23(22)15-21)31(37)33-19-34-32(38)30-14-13-29(44-30)24-16-25(43-4-2)18-26(17-24)45(40,41)42/h5-9,11,13-18,20,27-28,39H,3-4,10,12,19H2,1-2H3,(H,33,37)(H,34,38)(H2,40,41,42). The third kappa shape index (κ3) is 8.58. The van der Waals surface area contributed by atoms with Gasteiger partial charge in [0.1, 0.15) is 11.5 Å². The summed E-state index contributed by atoms with van der Waals surface area (Å²) < 4.78 is 22.9. The van der Waals surface area contributed by atoms with Crippen LogP contribution >= 0.6 is 7.60 Å². The number of amides is 3. The molecule has 238 valence electrons. The molecule has 5 N–H and O–H groups in total. The molecule has 0 spiro atoms. The Bertz CT molecular complexity index is 1700. The summed E-state index contributed by atoms with van der Waals surface area (Å²) in [6.07, 6.45) is 1.44. The minimum absolute atomic E-state index is 0.0967. The number of aryl methyl sites for hydroxylation is 1. The summed E-state index contributed by atoms with van der Waals surface area (Å²) in [7, 11) is -4.59. The van der Waals surface area contributed by atoms with Gasteiger partial charge in [0.25, 0.3) is 5.91 Å². The maximum Gasteiger partial charge on any atom is 0.356 e. The minimum atomic E-state index is -4.59. The Balaban J connectivity index is 1.42. The number of hydroxylamine groups is 2. The van der Waals surface area contributed by atoms with Crippen molar-refractivity contribution in [2.45, 2.75) is 39.2 Å². The molecule has 3 amide bonds. The predicted octanol–water partition coefficient (Wildman–Crippen LogP) is 3.98. The van der Waals surface area contributed by atoms with Crippen molar-refractivity contribution >= 4 is 41.9 Å². The number of furan rings is 1. The zero-order valence-electron chi connectivity index (χ0n) is 24.9. The molecule has 2 unspecified atom stereocenters. The molecule has 12 nitrogen and oxygen atoms in total. The number of ether oxygens (including phenoxy) is 1. The molecule has 0 radical (unpaired) electrons. The Morgan fingerprint density at radius 1 is 1.00 bits per heavy atom. The molecule has 0 aliphatic carbocycles. The number of carbonyl (C=O) groups is 3. The second-order valence-electron chi connectivity index (χ2n) is 10.4. The fourth-order valence-electron chi connectivity index (χ4n) is 5.14. The number of carbonyl (C=O) groups excluding carboxylic acids is 3. The zero-order valence-corrected chi connectivity index (χ0v) is 25.8. The quantitative estimate of drug-likeness (QED) is 0.0424. The molecular weight excluding hydrogens is 601 g/mol. The summed E-state index contributed by atoms with van der Waals surface area (Å²) in [6.45, 7) is 3.51. The molecule has 0 saturated carbocycles. The highest BCUT2D eigenvalue weighted by Crippen LogP contribution is 2.37. The number of nitrogens with one attached hydrogen (secondary N) is 2. The van der Waals surface area contributed by atoms with Crippen molar-refractivity contribution in [1.29, 1.82) is 0 Å². The minimum Gasteiger partial charge on any atom is -0.494 e. The SMILES string of the molecule is CCOc1cc(-c2ccc(C(=O)NCNC(=O)C(CCc3ccc4ccccc4c3)C(CC)N(O)C=O)o2)cc(P(=O)(O)O)c1. The molecule has 45 heavy (non-hydrogen) atoms. The second-order valence-corrected chi connectivity index (χ2v) is 12.0. The molecule has 0 saturated heterocycles. The van der Waals surface area contributed by atoms with Crippen LogP contribution in [0, 0.1) is 5.92 Å². The van der Waals surface area contributed by atoms with Crippen LogP contribution in [0.4, 0.5) is 0 Å². The maximum atomic E-state index is 13.3. The monoisotopic (exact) mass is 637 g/mol. The lowest BCUT2D eigenvalue weighted by Crippen LogP contribution is -2.47. The highest BCUT2D eigenvalue weighted by molar-refractivity contribution is 7.60. The number of rotatable bonds is 15. The summed E-state index contributed by atoms with van der Waals surface area (Å²) in [6, 6.07) is 20.1. The van der Waals surface area contributed by atoms with Crippen LogP contribution in [0.15, 0.2) is 77.2 Å². The first kappa shape index (κ1) is 33.4. The van der Waals surface area contributed by atoms with E-state index in [0.717, 1.165) is 16.3 Å². The Labute approximate surface area is 260 Å². The lowest BCUT2D eigenvalue weighted by molar-refractivity contribution is -0.168. The third-order valence-electron chi connectivity index (χ3n) is 7.39. The van der Waals surface area contributed by atoms with E-state index in [-0.39, 0.29) is 42.3 Å². The smallest absolute Gasteiger partial charge is 0.356 e. The van der Waals surface area contributed by atoms with Crippen molar-refractivity contribution in [3.8, 4) is 17.1 Å². The molecule has 4 aromatic rings. The molecule has 3 aromatic carbocycles. The molecule has 0 aliphatic heterocycles. The van der Waals surface area contributed by atoms with Gasteiger partial charge in [0.15, 0.2) is 5.76 Å². The van der Waals surface area contributed by atoms with E-state index in [1.54, 1.807) is 13.8 Å². The number of benzene rings is 3. The molecule has 4 rings (SSSR count). The average molecular weight is 638 g/mol. The van der Waals surface area contributed by atoms with Crippen molar-refractivity contribution in [3.63, 3.8) is 0 Å². The summed E-state index contributed by atoms with van der Waals surface area (Å²) in [5.74, 6) is -1.56. The predicted molar refractivity (Wildman–Crippen MR) is 167 cm³/mol. The average Bonchev–Trinajstić information content (AvgIpc) is 3.53. The lowest BCUT2D eigenvalue weighted by atomic mass is 9.89.